The van der Waals surface area contributed by atoms with E-state index in [-0.39, 0.29) is 17.6 Å². The van der Waals surface area contributed by atoms with Gasteiger partial charge in [0.2, 0.25) is 0 Å². The maximum atomic E-state index is 9.11. The highest BCUT2D eigenvalue weighted by molar-refractivity contribution is 9.10. The van der Waals surface area contributed by atoms with Gasteiger partial charge in [0, 0.05) is 16.6 Å². The van der Waals surface area contributed by atoms with E-state index in [0.29, 0.717) is 55.1 Å². The third-order valence-electron chi connectivity index (χ3n) is 8.30. The third kappa shape index (κ3) is 4.98. The summed E-state index contributed by atoms with van der Waals surface area (Å²) in [6.45, 7) is 1.86. The van der Waals surface area contributed by atoms with Gasteiger partial charge >= 0.3 is 0 Å². The minimum absolute atomic E-state index is 0.130. The van der Waals surface area contributed by atoms with Gasteiger partial charge in [0.1, 0.15) is 26.1 Å². The summed E-state index contributed by atoms with van der Waals surface area (Å²) < 4.78 is 58.6. The molecule has 0 N–H and O–H groups in total. The lowest BCUT2D eigenvalue weighted by Gasteiger charge is -2.60. The molecule has 4 aliphatic rings. The first kappa shape index (κ1) is 19.5. The van der Waals surface area contributed by atoms with Crippen molar-refractivity contribution in [1.29, 1.82) is 0 Å². The summed E-state index contributed by atoms with van der Waals surface area (Å²) in [7, 11) is 3.14. The van der Waals surface area contributed by atoms with Crippen LogP contribution in [0, 0.1) is 23.2 Å². The molecule has 180 valence electrons. The van der Waals surface area contributed by atoms with E-state index in [9.17, 15) is 0 Å². The normalized spacial score (nSPS) is 30.8. The summed E-state index contributed by atoms with van der Waals surface area (Å²) >= 11 is 3.60. The van der Waals surface area contributed by atoms with Gasteiger partial charge < -0.3 is 23.4 Å². The summed E-state index contributed by atoms with van der Waals surface area (Å²) in [6, 6.07) is 3.64. The van der Waals surface area contributed by atoms with Crippen molar-refractivity contribution in [1.82, 2.24) is 0 Å². The van der Waals surface area contributed by atoms with E-state index in [1.165, 1.54) is 19.3 Å². The quantitative estimate of drug-likeness (QED) is 0.397. The molecule has 4 fully saturated rings. The molecule has 1 unspecified atom stereocenters. The predicted molar refractivity (Wildman–Crippen MR) is 130 cm³/mol. The Balaban J connectivity index is 1.51. The number of rotatable bonds is 10. The zero-order valence-corrected chi connectivity index (χ0v) is 21.5. The van der Waals surface area contributed by atoms with Crippen molar-refractivity contribution < 1.29 is 28.9 Å². The molecule has 5 rings (SSSR count). The fourth-order valence-electron chi connectivity index (χ4n) is 6.04. The Labute approximate surface area is 208 Å². The summed E-state index contributed by atoms with van der Waals surface area (Å²) in [5, 5.41) is 0. The number of quaternary nitrogens is 1. The maximum Gasteiger partial charge on any atom is 0.161 e. The van der Waals surface area contributed by atoms with Crippen LogP contribution in [-0.2, 0) is 16.0 Å². The lowest BCUT2D eigenvalue weighted by atomic mass is 9.45. The number of fused-ring (bicyclic) bond motifs is 2. The van der Waals surface area contributed by atoms with Crippen LogP contribution in [0.1, 0.15) is 50.6 Å². The molecular formula is C26H41BrNO4+. The maximum absolute atomic E-state index is 9.11. The van der Waals surface area contributed by atoms with Gasteiger partial charge in [-0.1, -0.05) is 29.8 Å². The zero-order chi connectivity index (χ0) is 26.4. The number of methoxy groups -OCH3 is 2. The van der Waals surface area contributed by atoms with Gasteiger partial charge in [0.15, 0.2) is 11.5 Å². The Bertz CT molecular complexity index is 937. The van der Waals surface area contributed by atoms with Gasteiger partial charge in [-0.3, -0.25) is 0 Å². The number of ether oxygens (including phenoxy) is 4. The molecule has 0 aromatic heterocycles. The number of hydrogen-bond acceptors (Lipinski definition) is 4. The first-order valence-corrected chi connectivity index (χ1v) is 12.7. The van der Waals surface area contributed by atoms with Crippen molar-refractivity contribution in [2.24, 2.45) is 23.2 Å². The van der Waals surface area contributed by atoms with Gasteiger partial charge in [-0.25, -0.2) is 0 Å². The molecule has 0 amide bonds. The molecule has 1 aromatic carbocycles. The van der Waals surface area contributed by atoms with Crippen LogP contribution in [0.25, 0.3) is 0 Å². The summed E-state index contributed by atoms with van der Waals surface area (Å²) in [5.41, 5.74) is 1.19. The first-order valence-electron chi connectivity index (χ1n) is 13.9. The van der Waals surface area contributed by atoms with Crippen molar-refractivity contribution in [3.63, 3.8) is 0 Å². The van der Waals surface area contributed by atoms with Crippen LogP contribution in [0.3, 0.4) is 0 Å². The monoisotopic (exact) mass is 514 g/mol. The number of benzene rings is 1. The van der Waals surface area contributed by atoms with Crippen molar-refractivity contribution in [3.05, 3.63) is 22.2 Å². The van der Waals surface area contributed by atoms with Crippen molar-refractivity contribution in [2.45, 2.75) is 46.1 Å². The van der Waals surface area contributed by atoms with E-state index in [0.717, 1.165) is 22.4 Å². The van der Waals surface area contributed by atoms with Crippen LogP contribution in [-0.4, -0.2) is 64.7 Å². The summed E-state index contributed by atoms with van der Waals surface area (Å²) in [4.78, 5) is 0. The van der Waals surface area contributed by atoms with Crippen LogP contribution in [0.2, 0.25) is 0 Å². The second-order valence-electron chi connectivity index (χ2n) is 10.2. The smallest absolute Gasteiger partial charge is 0.161 e. The molecule has 3 saturated carbocycles. The highest BCUT2D eigenvalue weighted by Crippen LogP contribution is 2.61. The van der Waals surface area contributed by atoms with E-state index >= 15 is 0 Å². The average molecular weight is 516 g/mol. The third-order valence-corrected chi connectivity index (χ3v) is 9.04. The summed E-state index contributed by atoms with van der Waals surface area (Å²) in [6.07, 6.45) is 4.46. The molecule has 32 heavy (non-hydrogen) atoms. The Morgan fingerprint density at radius 1 is 1.16 bits per heavy atom. The van der Waals surface area contributed by atoms with Gasteiger partial charge in [-0.15, -0.1) is 0 Å². The minimum Gasteiger partial charge on any atom is -0.493 e. The molecule has 1 aliphatic heterocycles. The minimum atomic E-state index is -2.46. The van der Waals surface area contributed by atoms with Crippen molar-refractivity contribution >= 4 is 15.9 Å². The highest BCUT2D eigenvalue weighted by Gasteiger charge is 2.53. The molecule has 5 nitrogen and oxygen atoms in total. The Hall–Kier alpha value is -0.820. The van der Waals surface area contributed by atoms with E-state index in [2.05, 4.69) is 29.8 Å². The SMILES string of the molecule is [2H]C([2H])(OCCC1CC[C@H]2C[C@@H]1C2(C)C)C([2H])([2H])[N+]1(Cc2cc(OC)c(OC)cc2Br)CCOCC1. The lowest BCUT2D eigenvalue weighted by Crippen LogP contribution is -2.56. The van der Waals surface area contributed by atoms with Crippen molar-refractivity contribution in [2.75, 3.05) is 60.2 Å². The molecule has 0 spiro atoms. The second-order valence-corrected chi connectivity index (χ2v) is 11.1. The number of nitrogens with zero attached hydrogens (tertiary/aromatic N) is 1. The number of halogens is 1. The predicted octanol–water partition coefficient (Wildman–Crippen LogP) is 5.29. The van der Waals surface area contributed by atoms with Crippen LogP contribution >= 0.6 is 15.9 Å². The van der Waals surface area contributed by atoms with Crippen LogP contribution in [0.4, 0.5) is 0 Å². The van der Waals surface area contributed by atoms with Crippen LogP contribution in [0.5, 0.6) is 11.5 Å². The molecule has 6 heteroatoms. The lowest BCUT2D eigenvalue weighted by molar-refractivity contribution is -0.947. The molecule has 3 aliphatic carbocycles. The zero-order valence-electron chi connectivity index (χ0n) is 23.9. The Kier molecular flexibility index (Phi) is 6.21. The largest absolute Gasteiger partial charge is 0.493 e. The summed E-state index contributed by atoms with van der Waals surface area (Å²) in [5.74, 6) is 3.15. The molecule has 2 bridgehead atoms. The molecular weight excluding hydrogens is 470 g/mol. The van der Waals surface area contributed by atoms with E-state index in [1.54, 1.807) is 14.2 Å². The second kappa shape index (κ2) is 10.2. The molecule has 1 heterocycles. The van der Waals surface area contributed by atoms with E-state index < -0.39 is 13.1 Å². The standard InChI is InChI=1S/C26H41BrNO4/c1-26(2)21-6-5-19(22(26)16-21)7-11-31-12-8-28(9-13-32-14-10-28)18-20-15-24(29-3)25(30-4)17-23(20)27/h15,17,19,21-22H,5-14,16,18H2,1-4H3/q+1/t19?,21-,22-/m0/s1/i8D2,12D2. The highest BCUT2D eigenvalue weighted by atomic mass is 79.9. The van der Waals surface area contributed by atoms with Gasteiger partial charge in [-0.2, -0.15) is 0 Å². The molecule has 0 radical (unpaired) electrons. The fraction of sp³-hybridized carbons (Fsp3) is 0.769. The number of morpholine rings is 1. The van der Waals surface area contributed by atoms with Crippen LogP contribution < -0.4 is 9.47 Å². The topological polar surface area (TPSA) is 36.9 Å². The number of hydrogen-bond donors (Lipinski definition) is 0. The fourth-order valence-corrected chi connectivity index (χ4v) is 6.49. The van der Waals surface area contributed by atoms with Crippen LogP contribution in [0.15, 0.2) is 16.6 Å². The van der Waals surface area contributed by atoms with Gasteiger partial charge in [0.25, 0.3) is 0 Å². The van der Waals surface area contributed by atoms with Gasteiger partial charge in [0.05, 0.1) is 39.5 Å². The molecule has 1 aromatic rings. The Morgan fingerprint density at radius 3 is 2.53 bits per heavy atom. The van der Waals surface area contributed by atoms with E-state index in [1.807, 2.05) is 12.1 Å². The first-order chi connectivity index (χ1) is 16.9. The Morgan fingerprint density at radius 2 is 1.88 bits per heavy atom. The molecule has 3 atom stereocenters. The van der Waals surface area contributed by atoms with Crippen molar-refractivity contribution in [3.8, 4) is 11.5 Å². The van der Waals surface area contributed by atoms with E-state index in [4.69, 9.17) is 24.4 Å². The van der Waals surface area contributed by atoms with Gasteiger partial charge in [-0.05, 0) is 61.0 Å². The average Bonchev–Trinajstić information content (AvgIpc) is 2.85. The molecule has 1 saturated heterocycles.